The summed E-state index contributed by atoms with van der Waals surface area (Å²) in [6.07, 6.45) is 2.60. The van der Waals surface area contributed by atoms with Crippen LogP contribution in [0.3, 0.4) is 0 Å². The molecule has 0 amide bonds. The number of hydrogen-bond donors (Lipinski definition) is 2. The maximum absolute atomic E-state index is 9.88. The third-order valence-corrected chi connectivity index (χ3v) is 6.38. The Hall–Kier alpha value is -2.12. The highest BCUT2D eigenvalue weighted by Crippen LogP contribution is 2.48. The third kappa shape index (κ3) is 5.21. The van der Waals surface area contributed by atoms with Crippen molar-refractivity contribution in [2.45, 2.75) is 38.0 Å². The Labute approximate surface area is 188 Å². The number of nitrogens with two attached hydrogens (primary N) is 1. The van der Waals surface area contributed by atoms with Crippen LogP contribution in [0.4, 0.5) is 0 Å². The molecule has 7 heteroatoms. The Morgan fingerprint density at radius 3 is 2.48 bits per heavy atom. The molecule has 1 atom stereocenters. The highest BCUT2D eigenvalue weighted by Gasteiger charge is 2.43. The molecule has 2 aliphatic rings. The van der Waals surface area contributed by atoms with Gasteiger partial charge in [-0.1, -0.05) is 41.9 Å². The van der Waals surface area contributed by atoms with Gasteiger partial charge in [0.05, 0.1) is 18.8 Å². The summed E-state index contributed by atoms with van der Waals surface area (Å²) in [4.78, 5) is 6.64. The van der Waals surface area contributed by atoms with Gasteiger partial charge in [0, 0.05) is 18.0 Å². The van der Waals surface area contributed by atoms with Crippen LogP contribution >= 0.6 is 11.6 Å². The van der Waals surface area contributed by atoms with E-state index in [2.05, 4.69) is 37.3 Å². The highest BCUT2D eigenvalue weighted by molar-refractivity contribution is 6.30. The second-order valence-corrected chi connectivity index (χ2v) is 8.78. The van der Waals surface area contributed by atoms with E-state index in [4.69, 9.17) is 31.8 Å². The zero-order valence-corrected chi connectivity index (χ0v) is 18.6. The molecule has 0 spiro atoms. The zero-order valence-electron chi connectivity index (χ0n) is 17.8. The number of nitrogens with zero attached hydrogens (tertiary/aromatic N) is 2. The first-order valence-corrected chi connectivity index (χ1v) is 11.2. The number of ether oxygens (including phenoxy) is 2. The molecular formula is C24H30ClN3O3. The average molecular weight is 444 g/mol. The summed E-state index contributed by atoms with van der Waals surface area (Å²) in [7, 11) is 0. The van der Waals surface area contributed by atoms with Gasteiger partial charge in [-0.25, -0.2) is 4.99 Å². The van der Waals surface area contributed by atoms with Crippen molar-refractivity contribution >= 4 is 17.6 Å². The van der Waals surface area contributed by atoms with Crippen molar-refractivity contribution in [2.75, 3.05) is 26.5 Å². The van der Waals surface area contributed by atoms with Gasteiger partial charge in [-0.05, 0) is 60.6 Å². The van der Waals surface area contributed by atoms with Gasteiger partial charge in [-0.3, -0.25) is 0 Å². The van der Waals surface area contributed by atoms with E-state index >= 15 is 0 Å². The molecule has 1 aliphatic carbocycles. The lowest BCUT2D eigenvalue weighted by molar-refractivity contribution is -0.0511. The van der Waals surface area contributed by atoms with Crippen LogP contribution in [0.1, 0.15) is 31.7 Å². The lowest BCUT2D eigenvalue weighted by Gasteiger charge is -2.30. The Kier molecular flexibility index (Phi) is 6.82. The Morgan fingerprint density at radius 1 is 1.16 bits per heavy atom. The molecule has 2 aromatic rings. The molecule has 2 aromatic carbocycles. The van der Waals surface area contributed by atoms with Crippen LogP contribution in [0, 0.1) is 5.92 Å². The minimum Gasteiger partial charge on any atom is -0.376 e. The van der Waals surface area contributed by atoms with E-state index in [0.717, 1.165) is 29.5 Å². The van der Waals surface area contributed by atoms with Gasteiger partial charge >= 0.3 is 0 Å². The van der Waals surface area contributed by atoms with E-state index in [-0.39, 0.29) is 13.0 Å². The highest BCUT2D eigenvalue weighted by atomic mass is 35.5. The normalized spacial score (nSPS) is 19.4. The molecule has 1 unspecified atom stereocenters. The lowest BCUT2D eigenvalue weighted by Crippen LogP contribution is -2.42. The maximum atomic E-state index is 9.88. The number of aliphatic hydroxyl groups excluding tert-OH is 1. The standard InChI is InChI=1S/C24H30ClN3O3/c1-24(19-8-9-19,27-23(26)28(16-29)11-10-22-30-12-13-31-22)20-6-2-4-17(14-20)18-5-3-7-21(25)15-18/h2-7,14-15,19,22,29H,8-13,16H2,1H3,(H2,26,27). The van der Waals surface area contributed by atoms with Crippen LogP contribution < -0.4 is 5.73 Å². The molecule has 2 fully saturated rings. The first-order valence-electron chi connectivity index (χ1n) is 10.8. The van der Waals surface area contributed by atoms with Crippen LogP contribution in [-0.2, 0) is 15.0 Å². The molecular weight excluding hydrogens is 414 g/mol. The summed E-state index contributed by atoms with van der Waals surface area (Å²) >= 11 is 6.20. The van der Waals surface area contributed by atoms with Crippen molar-refractivity contribution in [3.8, 4) is 11.1 Å². The summed E-state index contributed by atoms with van der Waals surface area (Å²) in [5.74, 6) is 0.755. The molecule has 0 bridgehead atoms. The van der Waals surface area contributed by atoms with Crippen molar-refractivity contribution in [3.05, 3.63) is 59.1 Å². The number of aliphatic imine (C=N–C) groups is 1. The van der Waals surface area contributed by atoms with E-state index in [0.29, 0.717) is 43.1 Å². The van der Waals surface area contributed by atoms with Crippen molar-refractivity contribution in [3.63, 3.8) is 0 Å². The molecule has 166 valence electrons. The zero-order chi connectivity index (χ0) is 21.8. The van der Waals surface area contributed by atoms with Crippen molar-refractivity contribution < 1.29 is 14.6 Å². The predicted molar refractivity (Wildman–Crippen MR) is 123 cm³/mol. The van der Waals surface area contributed by atoms with Gasteiger partial charge in [0.25, 0.3) is 0 Å². The van der Waals surface area contributed by atoms with E-state index in [1.54, 1.807) is 4.90 Å². The van der Waals surface area contributed by atoms with Gasteiger partial charge < -0.3 is 25.2 Å². The van der Waals surface area contributed by atoms with Gasteiger partial charge in [-0.2, -0.15) is 0 Å². The van der Waals surface area contributed by atoms with E-state index in [1.165, 1.54) is 0 Å². The minimum atomic E-state index is -0.466. The summed E-state index contributed by atoms with van der Waals surface area (Å²) in [5, 5.41) is 10.6. The SMILES string of the molecule is CC(N=C(N)N(CO)CCC1OCCO1)(c1cccc(-c2cccc(Cl)c2)c1)C1CC1. The molecule has 6 nitrogen and oxygen atoms in total. The third-order valence-electron chi connectivity index (χ3n) is 6.14. The molecule has 1 heterocycles. The fraction of sp³-hybridized carbons (Fsp3) is 0.458. The fourth-order valence-electron chi connectivity index (χ4n) is 4.12. The van der Waals surface area contributed by atoms with Crippen LogP contribution in [-0.4, -0.2) is 48.7 Å². The Bertz CT molecular complexity index is 928. The van der Waals surface area contributed by atoms with E-state index in [9.17, 15) is 5.11 Å². The topological polar surface area (TPSA) is 80.3 Å². The van der Waals surface area contributed by atoms with Gasteiger partial charge in [-0.15, -0.1) is 0 Å². The van der Waals surface area contributed by atoms with Crippen molar-refractivity contribution in [1.29, 1.82) is 0 Å². The van der Waals surface area contributed by atoms with Crippen LogP contribution in [0.25, 0.3) is 11.1 Å². The first-order chi connectivity index (χ1) is 15.0. The van der Waals surface area contributed by atoms with E-state index < -0.39 is 5.54 Å². The number of halogens is 1. The summed E-state index contributed by atoms with van der Waals surface area (Å²) < 4.78 is 11.0. The van der Waals surface area contributed by atoms with Crippen LogP contribution in [0.5, 0.6) is 0 Å². The van der Waals surface area contributed by atoms with Gasteiger partial charge in [0.15, 0.2) is 12.2 Å². The molecule has 1 saturated heterocycles. The van der Waals surface area contributed by atoms with Crippen LogP contribution in [0.15, 0.2) is 53.5 Å². The molecule has 1 saturated carbocycles. The quantitative estimate of drug-likeness (QED) is 0.366. The largest absolute Gasteiger partial charge is 0.376 e. The maximum Gasteiger partial charge on any atom is 0.193 e. The monoisotopic (exact) mass is 443 g/mol. The van der Waals surface area contributed by atoms with Crippen LogP contribution in [0.2, 0.25) is 5.02 Å². The van der Waals surface area contributed by atoms with E-state index in [1.807, 2.05) is 18.2 Å². The molecule has 31 heavy (non-hydrogen) atoms. The average Bonchev–Trinajstić information content (AvgIpc) is 3.51. The smallest absolute Gasteiger partial charge is 0.193 e. The molecule has 4 rings (SSSR count). The second-order valence-electron chi connectivity index (χ2n) is 8.35. The number of hydrogen-bond acceptors (Lipinski definition) is 4. The number of aliphatic hydroxyl groups is 1. The number of benzene rings is 2. The predicted octanol–water partition coefficient (Wildman–Crippen LogP) is 3.96. The molecule has 1 aliphatic heterocycles. The van der Waals surface area contributed by atoms with Gasteiger partial charge in [0.2, 0.25) is 0 Å². The summed E-state index contributed by atoms with van der Waals surface area (Å²) in [5.41, 5.74) is 9.19. The summed E-state index contributed by atoms with van der Waals surface area (Å²) in [6, 6.07) is 16.3. The van der Waals surface area contributed by atoms with Crippen molar-refractivity contribution in [2.24, 2.45) is 16.6 Å². The lowest BCUT2D eigenvalue weighted by atomic mass is 9.86. The number of guanidine groups is 1. The van der Waals surface area contributed by atoms with Crippen molar-refractivity contribution in [1.82, 2.24) is 4.90 Å². The molecule has 0 aromatic heterocycles. The Morgan fingerprint density at radius 2 is 1.84 bits per heavy atom. The molecule has 0 radical (unpaired) electrons. The minimum absolute atomic E-state index is 0.203. The Balaban J connectivity index is 1.58. The first kappa shape index (κ1) is 22.1. The summed E-state index contributed by atoms with van der Waals surface area (Å²) in [6.45, 7) is 3.66. The van der Waals surface area contributed by atoms with Gasteiger partial charge in [0.1, 0.15) is 6.73 Å². The number of rotatable bonds is 8. The molecule has 3 N–H and O–H groups in total. The second kappa shape index (κ2) is 9.57. The fourth-order valence-corrected chi connectivity index (χ4v) is 4.31.